The van der Waals surface area contributed by atoms with Crippen molar-refractivity contribution in [2.45, 2.75) is 36.7 Å². The van der Waals surface area contributed by atoms with Gasteiger partial charge in [0.2, 0.25) is 0 Å². The normalized spacial score (nSPS) is 11.3. The zero-order chi connectivity index (χ0) is 20.4. The summed E-state index contributed by atoms with van der Waals surface area (Å²) in [5.74, 6) is 0.541. The molecule has 6 nitrogen and oxygen atoms in total. The van der Waals surface area contributed by atoms with Crippen molar-refractivity contribution >= 4 is 45.7 Å². The van der Waals surface area contributed by atoms with E-state index < -0.39 is 0 Å². The molecule has 0 unspecified atom stereocenters. The van der Waals surface area contributed by atoms with E-state index in [1.54, 1.807) is 12.1 Å². The standard InChI is InChI=1S/C20H17Cl2N5OS/c1-2-9-27-17(11-28)23-26-20(27)29-19-14-6-4-3-5-13(14)18(24-25-19)12-7-8-15(21)16(22)10-12/h3-8,10,28H,2,9,11H2,1H3. The first-order chi connectivity index (χ1) is 14.1. The molecule has 4 aromatic rings. The number of benzene rings is 2. The van der Waals surface area contributed by atoms with Gasteiger partial charge in [-0.1, -0.05) is 60.5 Å². The van der Waals surface area contributed by atoms with Gasteiger partial charge in [0.25, 0.3) is 0 Å². The minimum atomic E-state index is -0.156. The number of aromatic nitrogens is 5. The van der Waals surface area contributed by atoms with Crippen LogP contribution in [0.3, 0.4) is 0 Å². The smallest absolute Gasteiger partial charge is 0.197 e. The third kappa shape index (κ3) is 3.96. The first kappa shape index (κ1) is 20.1. The summed E-state index contributed by atoms with van der Waals surface area (Å²) in [7, 11) is 0. The van der Waals surface area contributed by atoms with Gasteiger partial charge in [0.05, 0.1) is 10.0 Å². The number of hydrogen-bond donors (Lipinski definition) is 1. The molecule has 0 atom stereocenters. The highest BCUT2D eigenvalue weighted by Gasteiger charge is 2.17. The number of rotatable bonds is 6. The predicted molar refractivity (Wildman–Crippen MR) is 115 cm³/mol. The molecule has 0 spiro atoms. The zero-order valence-electron chi connectivity index (χ0n) is 15.5. The monoisotopic (exact) mass is 445 g/mol. The SMILES string of the molecule is CCCn1c(CO)nnc1Sc1nnc(-c2ccc(Cl)c(Cl)c2)c2ccccc12. The van der Waals surface area contributed by atoms with Gasteiger partial charge in [-0.2, -0.15) is 0 Å². The van der Waals surface area contributed by atoms with Crippen LogP contribution in [0, 0.1) is 0 Å². The summed E-state index contributed by atoms with van der Waals surface area (Å²) >= 11 is 13.6. The summed E-state index contributed by atoms with van der Waals surface area (Å²) in [6, 6.07) is 13.3. The quantitative estimate of drug-likeness (QED) is 0.436. The van der Waals surface area contributed by atoms with Crippen LogP contribution in [0.5, 0.6) is 0 Å². The van der Waals surface area contributed by atoms with Crippen LogP contribution in [-0.2, 0) is 13.2 Å². The molecule has 148 valence electrons. The van der Waals surface area contributed by atoms with Crippen LogP contribution >= 0.6 is 35.0 Å². The topological polar surface area (TPSA) is 76.7 Å². The molecule has 9 heteroatoms. The van der Waals surface area contributed by atoms with Crippen LogP contribution in [0.15, 0.2) is 52.6 Å². The Morgan fingerprint density at radius 1 is 0.966 bits per heavy atom. The molecule has 0 amide bonds. The lowest BCUT2D eigenvalue weighted by atomic mass is 10.1. The van der Waals surface area contributed by atoms with Crippen molar-refractivity contribution in [3.63, 3.8) is 0 Å². The van der Waals surface area contributed by atoms with Crippen molar-refractivity contribution in [1.29, 1.82) is 0 Å². The van der Waals surface area contributed by atoms with Gasteiger partial charge >= 0.3 is 0 Å². The summed E-state index contributed by atoms with van der Waals surface area (Å²) in [5, 5.41) is 31.0. The maximum atomic E-state index is 9.52. The Bertz CT molecular complexity index is 1180. The molecule has 1 N–H and O–H groups in total. The highest BCUT2D eigenvalue weighted by molar-refractivity contribution is 7.99. The van der Waals surface area contributed by atoms with E-state index in [0.29, 0.717) is 21.0 Å². The van der Waals surface area contributed by atoms with Crippen molar-refractivity contribution in [1.82, 2.24) is 25.0 Å². The number of aliphatic hydroxyl groups is 1. The third-order valence-electron chi connectivity index (χ3n) is 4.42. The molecule has 2 aromatic carbocycles. The van der Waals surface area contributed by atoms with Gasteiger partial charge in [-0.3, -0.25) is 0 Å². The van der Waals surface area contributed by atoms with Gasteiger partial charge in [0.1, 0.15) is 17.3 Å². The van der Waals surface area contributed by atoms with Crippen LogP contribution in [0.2, 0.25) is 10.0 Å². The van der Waals surface area contributed by atoms with Gasteiger partial charge in [0, 0.05) is 22.9 Å². The fourth-order valence-corrected chi connectivity index (χ4v) is 4.29. The molecule has 2 aromatic heterocycles. The largest absolute Gasteiger partial charge is 0.388 e. The van der Waals surface area contributed by atoms with Crippen LogP contribution in [0.25, 0.3) is 22.0 Å². The molecular weight excluding hydrogens is 429 g/mol. The van der Waals surface area contributed by atoms with E-state index in [2.05, 4.69) is 27.3 Å². The maximum Gasteiger partial charge on any atom is 0.197 e. The van der Waals surface area contributed by atoms with Crippen LogP contribution in [-0.4, -0.2) is 30.1 Å². The predicted octanol–water partition coefficient (Wildman–Crippen LogP) is 5.25. The zero-order valence-corrected chi connectivity index (χ0v) is 17.8. The molecule has 0 bridgehead atoms. The van der Waals surface area contributed by atoms with E-state index in [4.69, 9.17) is 23.2 Å². The minimum Gasteiger partial charge on any atom is -0.388 e. The number of aliphatic hydroxyl groups excluding tert-OH is 1. The average Bonchev–Trinajstić information content (AvgIpc) is 3.12. The van der Waals surface area contributed by atoms with E-state index in [1.165, 1.54) is 11.8 Å². The van der Waals surface area contributed by atoms with Crippen molar-refractivity contribution in [2.24, 2.45) is 0 Å². The summed E-state index contributed by atoms with van der Waals surface area (Å²) in [6.45, 7) is 2.63. The fraction of sp³-hybridized carbons (Fsp3) is 0.200. The molecule has 0 aliphatic rings. The van der Waals surface area contributed by atoms with E-state index in [-0.39, 0.29) is 6.61 Å². The number of nitrogens with zero attached hydrogens (tertiary/aromatic N) is 5. The second-order valence-corrected chi connectivity index (χ2v) is 8.11. The second-order valence-electron chi connectivity index (χ2n) is 6.34. The molecule has 0 radical (unpaired) electrons. The Kier molecular flexibility index (Phi) is 6.01. The van der Waals surface area contributed by atoms with E-state index in [1.807, 2.05) is 34.9 Å². The second kappa shape index (κ2) is 8.67. The Morgan fingerprint density at radius 3 is 2.48 bits per heavy atom. The van der Waals surface area contributed by atoms with Crippen molar-refractivity contribution in [3.8, 4) is 11.3 Å². The molecule has 0 saturated carbocycles. The molecular formula is C20H17Cl2N5OS. The minimum absolute atomic E-state index is 0.156. The lowest BCUT2D eigenvalue weighted by Crippen LogP contribution is -2.05. The number of halogens is 2. The first-order valence-electron chi connectivity index (χ1n) is 9.04. The average molecular weight is 446 g/mol. The Balaban J connectivity index is 1.80. The number of hydrogen-bond acceptors (Lipinski definition) is 6. The Morgan fingerprint density at radius 2 is 1.76 bits per heavy atom. The molecule has 0 fully saturated rings. The van der Waals surface area contributed by atoms with Gasteiger partial charge in [-0.15, -0.1) is 20.4 Å². The lowest BCUT2D eigenvalue weighted by Gasteiger charge is -2.11. The molecule has 29 heavy (non-hydrogen) atoms. The van der Waals surface area contributed by atoms with E-state index in [9.17, 15) is 5.11 Å². The summed E-state index contributed by atoms with van der Waals surface area (Å²) in [6.07, 6.45) is 0.904. The Hall–Kier alpha value is -2.19. The van der Waals surface area contributed by atoms with Gasteiger partial charge in [-0.05, 0) is 30.3 Å². The maximum absolute atomic E-state index is 9.52. The van der Waals surface area contributed by atoms with Gasteiger partial charge < -0.3 is 9.67 Å². The highest BCUT2D eigenvalue weighted by Crippen LogP contribution is 2.36. The van der Waals surface area contributed by atoms with E-state index >= 15 is 0 Å². The van der Waals surface area contributed by atoms with Gasteiger partial charge in [-0.25, -0.2) is 0 Å². The Labute approximate surface area is 181 Å². The fourth-order valence-electron chi connectivity index (χ4n) is 3.06. The van der Waals surface area contributed by atoms with Crippen molar-refractivity contribution < 1.29 is 5.11 Å². The summed E-state index contributed by atoms with van der Waals surface area (Å²) in [4.78, 5) is 0. The molecule has 0 aliphatic heterocycles. The number of fused-ring (bicyclic) bond motifs is 1. The van der Waals surface area contributed by atoms with Crippen molar-refractivity contribution in [2.75, 3.05) is 0 Å². The summed E-state index contributed by atoms with van der Waals surface area (Å²) in [5.41, 5.74) is 1.57. The molecule has 4 rings (SSSR count). The first-order valence-corrected chi connectivity index (χ1v) is 10.6. The van der Waals surface area contributed by atoms with Crippen LogP contribution in [0.4, 0.5) is 0 Å². The molecule has 0 saturated heterocycles. The molecule has 0 aliphatic carbocycles. The van der Waals surface area contributed by atoms with Crippen LogP contribution < -0.4 is 0 Å². The summed E-state index contributed by atoms with van der Waals surface area (Å²) < 4.78 is 1.91. The highest BCUT2D eigenvalue weighted by atomic mass is 35.5. The van der Waals surface area contributed by atoms with Crippen molar-refractivity contribution in [3.05, 3.63) is 58.3 Å². The van der Waals surface area contributed by atoms with Crippen LogP contribution in [0.1, 0.15) is 19.2 Å². The van der Waals surface area contributed by atoms with Gasteiger partial charge in [0.15, 0.2) is 11.0 Å². The van der Waals surface area contributed by atoms with E-state index in [0.717, 1.165) is 40.0 Å². The molecule has 2 heterocycles. The third-order valence-corrected chi connectivity index (χ3v) is 6.14. The lowest BCUT2D eigenvalue weighted by molar-refractivity contribution is 0.263.